The van der Waals surface area contributed by atoms with Crippen molar-refractivity contribution in [2.24, 2.45) is 5.10 Å². The maximum absolute atomic E-state index is 12.5. The molecule has 0 aromatic heterocycles. The third-order valence-corrected chi connectivity index (χ3v) is 4.82. The van der Waals surface area contributed by atoms with E-state index in [1.165, 1.54) is 16.8 Å². The Morgan fingerprint density at radius 3 is 2.57 bits per heavy atom. The molecule has 2 aromatic rings. The van der Waals surface area contributed by atoms with Gasteiger partial charge in [0.1, 0.15) is 0 Å². The van der Waals surface area contributed by atoms with Crippen molar-refractivity contribution in [1.82, 2.24) is 5.01 Å². The molecule has 0 N–H and O–H groups in total. The van der Waals surface area contributed by atoms with Gasteiger partial charge in [-0.2, -0.15) is 10.1 Å². The van der Waals surface area contributed by atoms with Crippen LogP contribution in [-0.4, -0.2) is 21.5 Å². The number of carbonyl (C=O) groups excluding carboxylic acids is 1. The van der Waals surface area contributed by atoms with E-state index in [0.717, 1.165) is 15.6 Å². The van der Waals surface area contributed by atoms with E-state index in [2.05, 4.69) is 21.0 Å². The number of benzene rings is 2. The summed E-state index contributed by atoms with van der Waals surface area (Å²) < 4.78 is 1.40. The third-order valence-electron chi connectivity index (χ3n) is 3.04. The van der Waals surface area contributed by atoms with Gasteiger partial charge in [0.15, 0.2) is 4.32 Å². The first-order valence-corrected chi connectivity index (χ1v) is 8.78. The maximum Gasteiger partial charge on any atom is 0.286 e. The van der Waals surface area contributed by atoms with Gasteiger partial charge in [-0.25, -0.2) is 0 Å². The predicted molar refractivity (Wildman–Crippen MR) is 103 cm³/mol. The Balaban J connectivity index is 1.81. The summed E-state index contributed by atoms with van der Waals surface area (Å²) in [6, 6.07) is 17.3. The number of rotatable bonds is 3. The molecule has 1 amide bonds. The van der Waals surface area contributed by atoms with Crippen LogP contribution in [0.1, 0.15) is 11.1 Å². The fourth-order valence-electron chi connectivity index (χ4n) is 1.97. The number of amides is 1. The topological polar surface area (TPSA) is 32.7 Å². The molecule has 114 valence electrons. The molecule has 1 saturated heterocycles. The Labute approximate surface area is 152 Å². The van der Waals surface area contributed by atoms with Gasteiger partial charge in [-0.15, -0.1) is 0 Å². The minimum atomic E-state index is -0.202. The summed E-state index contributed by atoms with van der Waals surface area (Å²) in [6.07, 6.45) is 3.45. The van der Waals surface area contributed by atoms with E-state index in [0.29, 0.717) is 9.23 Å². The van der Waals surface area contributed by atoms with Crippen LogP contribution in [0.15, 0.2) is 69.1 Å². The minimum Gasteiger partial charge on any atom is -0.266 e. The second-order valence-corrected chi connectivity index (χ2v) is 7.30. The van der Waals surface area contributed by atoms with Crippen molar-refractivity contribution in [3.63, 3.8) is 0 Å². The summed E-state index contributed by atoms with van der Waals surface area (Å²) in [5.41, 5.74) is 1.85. The Morgan fingerprint density at radius 1 is 1.09 bits per heavy atom. The number of thiocarbonyl (C=S) groups is 1. The van der Waals surface area contributed by atoms with Crippen LogP contribution in [0.5, 0.6) is 0 Å². The van der Waals surface area contributed by atoms with E-state index in [-0.39, 0.29) is 5.91 Å². The van der Waals surface area contributed by atoms with Crippen LogP contribution in [0.4, 0.5) is 0 Å². The molecule has 1 aliphatic heterocycles. The first-order chi connectivity index (χ1) is 11.1. The van der Waals surface area contributed by atoms with Crippen LogP contribution in [0, 0.1) is 0 Å². The molecule has 23 heavy (non-hydrogen) atoms. The maximum atomic E-state index is 12.5. The zero-order valence-electron chi connectivity index (χ0n) is 11.8. The van der Waals surface area contributed by atoms with Gasteiger partial charge in [0, 0.05) is 4.47 Å². The number of nitrogens with zero attached hydrogens (tertiary/aromatic N) is 2. The molecule has 1 heterocycles. The number of hydrazone groups is 1. The Morgan fingerprint density at radius 2 is 1.83 bits per heavy atom. The summed E-state index contributed by atoms with van der Waals surface area (Å²) in [4.78, 5) is 13.0. The number of halogens is 1. The van der Waals surface area contributed by atoms with Crippen molar-refractivity contribution in [3.8, 4) is 0 Å². The molecule has 1 fully saturated rings. The summed E-state index contributed by atoms with van der Waals surface area (Å²) in [5.74, 6) is -0.202. The highest BCUT2D eigenvalue weighted by molar-refractivity contribution is 9.10. The van der Waals surface area contributed by atoms with Crippen molar-refractivity contribution in [2.45, 2.75) is 0 Å². The molecule has 2 aromatic carbocycles. The zero-order valence-corrected chi connectivity index (χ0v) is 15.1. The predicted octanol–water partition coefficient (Wildman–Crippen LogP) is 4.68. The Bertz CT molecular complexity index is 818. The highest BCUT2D eigenvalue weighted by Crippen LogP contribution is 2.33. The molecular formula is C17H11BrN2OS2. The molecule has 0 bridgehead atoms. The van der Waals surface area contributed by atoms with Crippen LogP contribution in [0.3, 0.4) is 0 Å². The third kappa shape index (κ3) is 3.96. The number of hydrogen-bond donors (Lipinski definition) is 0. The van der Waals surface area contributed by atoms with Gasteiger partial charge in [0.25, 0.3) is 5.91 Å². The molecule has 6 heteroatoms. The number of carbonyl (C=O) groups is 1. The van der Waals surface area contributed by atoms with Gasteiger partial charge in [-0.3, -0.25) is 4.79 Å². The highest BCUT2D eigenvalue weighted by atomic mass is 79.9. The van der Waals surface area contributed by atoms with Gasteiger partial charge >= 0.3 is 0 Å². The fourth-order valence-corrected chi connectivity index (χ4v) is 3.56. The lowest BCUT2D eigenvalue weighted by Crippen LogP contribution is -2.22. The van der Waals surface area contributed by atoms with E-state index >= 15 is 0 Å². The first kappa shape index (κ1) is 16.1. The highest BCUT2D eigenvalue weighted by Gasteiger charge is 2.31. The van der Waals surface area contributed by atoms with E-state index in [4.69, 9.17) is 12.2 Å². The molecule has 0 atom stereocenters. The molecule has 3 nitrogen and oxygen atoms in total. The van der Waals surface area contributed by atoms with Crippen LogP contribution in [0.2, 0.25) is 0 Å². The van der Waals surface area contributed by atoms with Crippen LogP contribution < -0.4 is 0 Å². The Hall–Kier alpha value is -1.76. The fraction of sp³-hybridized carbons (Fsp3) is 0. The smallest absolute Gasteiger partial charge is 0.266 e. The number of hydrogen-bond acceptors (Lipinski definition) is 4. The molecule has 3 rings (SSSR count). The minimum absolute atomic E-state index is 0.202. The second-order valence-electron chi connectivity index (χ2n) is 4.70. The molecule has 1 aliphatic rings. The molecular weight excluding hydrogens is 392 g/mol. The molecule has 0 unspecified atom stereocenters. The van der Waals surface area contributed by atoms with Crippen molar-refractivity contribution in [3.05, 3.63) is 75.1 Å². The van der Waals surface area contributed by atoms with Gasteiger partial charge in [-0.05, 0) is 41.6 Å². The second kappa shape index (κ2) is 7.21. The zero-order chi connectivity index (χ0) is 16.2. The van der Waals surface area contributed by atoms with Crippen molar-refractivity contribution < 1.29 is 4.79 Å². The van der Waals surface area contributed by atoms with Crippen LogP contribution in [0.25, 0.3) is 6.08 Å². The van der Waals surface area contributed by atoms with Gasteiger partial charge in [0.2, 0.25) is 0 Å². The molecule has 0 radical (unpaired) electrons. The first-order valence-electron chi connectivity index (χ1n) is 6.76. The lowest BCUT2D eigenvalue weighted by Gasteiger charge is -2.05. The molecule has 0 spiro atoms. The van der Waals surface area contributed by atoms with Crippen LogP contribution >= 0.6 is 39.9 Å². The summed E-state index contributed by atoms with van der Waals surface area (Å²) in [7, 11) is 0. The van der Waals surface area contributed by atoms with Crippen molar-refractivity contribution in [2.75, 3.05) is 0 Å². The normalized spacial score (nSPS) is 16.7. The summed E-state index contributed by atoms with van der Waals surface area (Å²) in [5, 5.41) is 5.47. The lowest BCUT2D eigenvalue weighted by molar-refractivity contribution is -0.122. The monoisotopic (exact) mass is 402 g/mol. The van der Waals surface area contributed by atoms with Gasteiger partial charge in [-0.1, -0.05) is 70.2 Å². The lowest BCUT2D eigenvalue weighted by atomic mass is 10.2. The average molecular weight is 403 g/mol. The average Bonchev–Trinajstić information content (AvgIpc) is 2.80. The van der Waals surface area contributed by atoms with E-state index in [9.17, 15) is 4.79 Å². The van der Waals surface area contributed by atoms with Crippen molar-refractivity contribution in [1.29, 1.82) is 0 Å². The standard InChI is InChI=1S/C17H11BrN2OS2/c18-14-8-4-7-13(9-14)10-15-16(21)20(17(22)23-15)19-11-12-5-2-1-3-6-12/h1-11H. The Kier molecular flexibility index (Phi) is 5.05. The number of thioether (sulfide) groups is 1. The van der Waals surface area contributed by atoms with Crippen molar-refractivity contribution >= 4 is 62.4 Å². The quantitative estimate of drug-likeness (QED) is 0.424. The van der Waals surface area contributed by atoms with E-state index in [1.807, 2.05) is 60.7 Å². The van der Waals surface area contributed by atoms with E-state index < -0.39 is 0 Å². The van der Waals surface area contributed by atoms with Crippen LogP contribution in [-0.2, 0) is 4.79 Å². The summed E-state index contributed by atoms with van der Waals surface area (Å²) in [6.45, 7) is 0. The molecule has 0 saturated carbocycles. The van der Waals surface area contributed by atoms with E-state index in [1.54, 1.807) is 6.21 Å². The van der Waals surface area contributed by atoms with Gasteiger partial charge < -0.3 is 0 Å². The SMILES string of the molecule is O=C1C(=Cc2cccc(Br)c2)SC(=S)N1N=Cc1ccccc1. The van der Waals surface area contributed by atoms with Gasteiger partial charge in [0.05, 0.1) is 11.1 Å². The largest absolute Gasteiger partial charge is 0.286 e. The molecule has 0 aliphatic carbocycles. The summed E-state index contributed by atoms with van der Waals surface area (Å²) >= 11 is 9.93.